The summed E-state index contributed by atoms with van der Waals surface area (Å²) in [6, 6.07) is 19.9. The predicted octanol–water partition coefficient (Wildman–Crippen LogP) is 7.09. The molecule has 1 aliphatic heterocycles. The van der Waals surface area contributed by atoms with Crippen LogP contribution >= 0.6 is 35.0 Å². The van der Waals surface area contributed by atoms with Crippen LogP contribution in [0.5, 0.6) is 17.2 Å². The molecule has 186 valence electrons. The van der Waals surface area contributed by atoms with Crippen molar-refractivity contribution in [2.24, 2.45) is 0 Å². The fourth-order valence-corrected chi connectivity index (χ4v) is 4.69. The molecule has 3 aromatic carbocycles. The number of carbonyl (C=O) groups excluding carboxylic acids is 2. The van der Waals surface area contributed by atoms with E-state index in [4.69, 9.17) is 37.4 Å². The van der Waals surface area contributed by atoms with Crippen molar-refractivity contribution in [3.05, 3.63) is 92.8 Å². The Bertz CT molecular complexity index is 1270. The van der Waals surface area contributed by atoms with Gasteiger partial charge in [0.2, 0.25) is 0 Å². The van der Waals surface area contributed by atoms with Crippen molar-refractivity contribution in [3.63, 3.8) is 0 Å². The fourth-order valence-electron chi connectivity index (χ4n) is 3.43. The van der Waals surface area contributed by atoms with Gasteiger partial charge in [-0.2, -0.15) is 0 Å². The Morgan fingerprint density at radius 1 is 0.944 bits per heavy atom. The lowest BCUT2D eigenvalue weighted by molar-refractivity contribution is -0.123. The van der Waals surface area contributed by atoms with Crippen molar-refractivity contribution >= 4 is 52.2 Å². The van der Waals surface area contributed by atoms with E-state index in [1.54, 1.807) is 30.3 Å². The van der Waals surface area contributed by atoms with Crippen LogP contribution in [-0.4, -0.2) is 35.8 Å². The van der Waals surface area contributed by atoms with Gasteiger partial charge in [0.25, 0.3) is 11.1 Å². The van der Waals surface area contributed by atoms with Gasteiger partial charge >= 0.3 is 0 Å². The van der Waals surface area contributed by atoms with Crippen molar-refractivity contribution in [2.45, 2.75) is 13.5 Å². The number of hydrogen-bond acceptors (Lipinski definition) is 6. The van der Waals surface area contributed by atoms with E-state index < -0.39 is 0 Å². The zero-order valence-electron chi connectivity index (χ0n) is 19.4. The average Bonchev–Trinajstić information content (AvgIpc) is 3.13. The van der Waals surface area contributed by atoms with E-state index in [1.807, 2.05) is 49.4 Å². The number of nitrogens with zero attached hydrogens (tertiary/aromatic N) is 1. The second-order valence-electron chi connectivity index (χ2n) is 7.67. The molecule has 2 amide bonds. The second-order valence-corrected chi connectivity index (χ2v) is 9.51. The highest BCUT2D eigenvalue weighted by Crippen LogP contribution is 2.39. The van der Waals surface area contributed by atoms with Gasteiger partial charge in [0, 0.05) is 5.02 Å². The van der Waals surface area contributed by atoms with Crippen molar-refractivity contribution in [1.82, 2.24) is 4.90 Å². The quantitative estimate of drug-likeness (QED) is 0.254. The first kappa shape index (κ1) is 25.9. The van der Waals surface area contributed by atoms with E-state index in [2.05, 4.69) is 0 Å². The van der Waals surface area contributed by atoms with Crippen LogP contribution < -0.4 is 14.2 Å². The largest absolute Gasteiger partial charge is 0.492 e. The van der Waals surface area contributed by atoms with Crippen LogP contribution in [0.25, 0.3) is 6.08 Å². The maximum absolute atomic E-state index is 12.9. The van der Waals surface area contributed by atoms with Crippen LogP contribution in [0, 0.1) is 0 Å². The van der Waals surface area contributed by atoms with Crippen LogP contribution in [0.15, 0.2) is 71.6 Å². The third-order valence-corrected chi connectivity index (χ3v) is 6.57. The molecule has 1 heterocycles. The molecule has 0 radical (unpaired) electrons. The van der Waals surface area contributed by atoms with Crippen LogP contribution in [0.3, 0.4) is 0 Å². The molecule has 1 fully saturated rings. The van der Waals surface area contributed by atoms with Crippen molar-refractivity contribution in [2.75, 3.05) is 19.8 Å². The number of thioether (sulfide) groups is 1. The summed E-state index contributed by atoms with van der Waals surface area (Å²) >= 11 is 13.3. The van der Waals surface area contributed by atoms with Crippen LogP contribution in [-0.2, 0) is 11.4 Å². The van der Waals surface area contributed by atoms with Gasteiger partial charge in [-0.15, -0.1) is 0 Å². The number of para-hydroxylation sites is 1. The summed E-state index contributed by atoms with van der Waals surface area (Å²) in [4.78, 5) is 26.8. The summed E-state index contributed by atoms with van der Waals surface area (Å²) < 4.78 is 17.3. The molecule has 0 atom stereocenters. The molecule has 4 rings (SSSR count). The van der Waals surface area contributed by atoms with Gasteiger partial charge < -0.3 is 14.2 Å². The summed E-state index contributed by atoms with van der Waals surface area (Å²) in [6.45, 7) is 2.89. The molecule has 0 spiro atoms. The zero-order valence-corrected chi connectivity index (χ0v) is 21.7. The maximum atomic E-state index is 12.9. The molecular formula is C27H23Cl2NO5S. The Morgan fingerprint density at radius 2 is 1.69 bits per heavy atom. The minimum absolute atomic E-state index is 0.152. The van der Waals surface area contributed by atoms with E-state index >= 15 is 0 Å². The molecule has 6 nitrogen and oxygen atoms in total. The lowest BCUT2D eigenvalue weighted by atomic mass is 10.1. The predicted molar refractivity (Wildman–Crippen MR) is 143 cm³/mol. The number of amides is 2. The van der Waals surface area contributed by atoms with Crippen LogP contribution in [0.1, 0.15) is 18.1 Å². The molecule has 0 N–H and O–H groups in total. The topological polar surface area (TPSA) is 65.1 Å². The molecule has 1 aliphatic rings. The van der Waals surface area contributed by atoms with Gasteiger partial charge in [-0.05, 0) is 72.3 Å². The number of benzene rings is 3. The lowest BCUT2D eigenvalue weighted by Gasteiger charge is -2.15. The Morgan fingerprint density at radius 3 is 2.42 bits per heavy atom. The smallest absolute Gasteiger partial charge is 0.293 e. The number of hydrogen-bond donors (Lipinski definition) is 0. The number of ether oxygens (including phenoxy) is 3. The number of halogens is 2. The Hall–Kier alpha value is -3.13. The summed E-state index contributed by atoms with van der Waals surface area (Å²) in [5.41, 5.74) is 1.54. The molecule has 0 aliphatic carbocycles. The molecule has 3 aromatic rings. The first-order valence-electron chi connectivity index (χ1n) is 11.2. The monoisotopic (exact) mass is 543 g/mol. The highest BCUT2D eigenvalue weighted by atomic mass is 35.5. The van der Waals surface area contributed by atoms with Crippen LogP contribution in [0.2, 0.25) is 10.0 Å². The van der Waals surface area contributed by atoms with E-state index in [-0.39, 0.29) is 30.9 Å². The first-order chi connectivity index (χ1) is 17.4. The highest BCUT2D eigenvalue weighted by molar-refractivity contribution is 8.18. The number of rotatable bonds is 10. The van der Waals surface area contributed by atoms with E-state index in [0.29, 0.717) is 44.4 Å². The third-order valence-electron chi connectivity index (χ3n) is 5.13. The van der Waals surface area contributed by atoms with Crippen molar-refractivity contribution in [1.29, 1.82) is 0 Å². The maximum Gasteiger partial charge on any atom is 0.293 e. The third kappa shape index (κ3) is 6.55. The molecule has 0 aromatic heterocycles. The SMILES string of the molecule is CCOc1cc(/C=C2\SC(=O)N(CCOc3ccccc3)C2=O)cc(Cl)c1OCc1ccc(Cl)cc1. The van der Waals surface area contributed by atoms with Gasteiger partial charge in [-0.3, -0.25) is 14.5 Å². The standard InChI is InChI=1S/C27H23Cl2NO5S/c1-2-33-23-15-19(14-22(29)25(23)35-17-18-8-10-20(28)11-9-18)16-24-26(31)30(27(32)36-24)12-13-34-21-6-4-3-5-7-21/h3-11,14-16H,2,12-13,17H2,1H3/b24-16-. The Labute approximate surface area is 223 Å². The highest BCUT2D eigenvalue weighted by Gasteiger charge is 2.35. The molecule has 0 bridgehead atoms. The Balaban J connectivity index is 1.46. The minimum atomic E-state index is -0.376. The van der Waals surface area contributed by atoms with E-state index in [9.17, 15) is 9.59 Å². The fraction of sp³-hybridized carbons (Fsp3) is 0.185. The Kier molecular flexibility index (Phi) is 8.80. The molecule has 9 heteroatoms. The van der Waals surface area contributed by atoms with Crippen molar-refractivity contribution < 1.29 is 23.8 Å². The summed E-state index contributed by atoms with van der Waals surface area (Å²) in [7, 11) is 0. The van der Waals surface area contributed by atoms with Crippen molar-refractivity contribution in [3.8, 4) is 17.2 Å². The summed E-state index contributed by atoms with van der Waals surface area (Å²) in [5, 5.41) is 0.628. The molecule has 0 unspecified atom stereocenters. The molecule has 36 heavy (non-hydrogen) atoms. The van der Waals surface area contributed by atoms with E-state index in [1.165, 1.54) is 4.90 Å². The lowest BCUT2D eigenvalue weighted by Crippen LogP contribution is -2.32. The average molecular weight is 544 g/mol. The molecular weight excluding hydrogens is 521 g/mol. The number of carbonyl (C=O) groups is 2. The van der Waals surface area contributed by atoms with Gasteiger partial charge in [-0.25, -0.2) is 0 Å². The minimum Gasteiger partial charge on any atom is -0.492 e. The van der Waals surface area contributed by atoms with Gasteiger partial charge in [0.1, 0.15) is 19.0 Å². The zero-order chi connectivity index (χ0) is 25.5. The second kappa shape index (κ2) is 12.2. The summed E-state index contributed by atoms with van der Waals surface area (Å²) in [6.07, 6.45) is 1.63. The van der Waals surface area contributed by atoms with Crippen LogP contribution in [0.4, 0.5) is 4.79 Å². The molecule has 0 saturated carbocycles. The number of imide groups is 1. The van der Waals surface area contributed by atoms with E-state index in [0.717, 1.165) is 17.3 Å². The first-order valence-corrected chi connectivity index (χ1v) is 12.8. The van der Waals surface area contributed by atoms with Gasteiger partial charge in [0.15, 0.2) is 11.5 Å². The van der Waals surface area contributed by atoms with Gasteiger partial charge in [0.05, 0.1) is 23.1 Å². The normalized spacial score (nSPS) is 14.4. The molecule has 1 saturated heterocycles. The summed E-state index contributed by atoms with van der Waals surface area (Å²) in [5.74, 6) is 1.15. The van der Waals surface area contributed by atoms with Gasteiger partial charge in [-0.1, -0.05) is 53.5 Å².